The van der Waals surface area contributed by atoms with Gasteiger partial charge in [-0.25, -0.2) is 0 Å². The molecule has 1 aliphatic heterocycles. The van der Waals surface area contributed by atoms with Crippen LogP contribution < -0.4 is 0 Å². The molecular weight excluding hydrogens is 208 g/mol. The molecule has 1 aromatic heterocycles. The minimum atomic E-state index is -0.816. The zero-order valence-electron chi connectivity index (χ0n) is 8.67. The Balaban J connectivity index is 1.89. The van der Waals surface area contributed by atoms with E-state index in [1.165, 1.54) is 0 Å². The highest BCUT2D eigenvalue weighted by molar-refractivity contribution is 5.88. The lowest BCUT2D eigenvalue weighted by molar-refractivity contribution is -0.136. The Morgan fingerprint density at radius 3 is 3.12 bits per heavy atom. The highest BCUT2D eigenvalue weighted by atomic mass is 16.6. The molecule has 1 aromatic rings. The van der Waals surface area contributed by atoms with Crippen molar-refractivity contribution in [2.24, 2.45) is 5.16 Å². The molecule has 84 valence electrons. The Labute approximate surface area is 92.8 Å². The van der Waals surface area contributed by atoms with E-state index in [9.17, 15) is 4.79 Å². The van der Waals surface area contributed by atoms with Crippen LogP contribution >= 0.6 is 0 Å². The lowest BCUT2D eigenvalue weighted by atomic mass is 10.1. The van der Waals surface area contributed by atoms with Gasteiger partial charge in [0.1, 0.15) is 0 Å². The number of carboxylic acids is 1. The lowest BCUT2D eigenvalue weighted by Crippen LogP contribution is -2.04. The van der Waals surface area contributed by atoms with Crippen molar-refractivity contribution in [1.29, 1.82) is 0 Å². The molecule has 5 nitrogen and oxygen atoms in total. The molecule has 0 aliphatic carbocycles. The van der Waals surface area contributed by atoms with Crippen molar-refractivity contribution in [2.45, 2.75) is 25.4 Å². The number of oxime groups is 1. The Kier molecular flexibility index (Phi) is 3.14. The second-order valence-corrected chi connectivity index (χ2v) is 3.60. The molecule has 0 amide bonds. The van der Waals surface area contributed by atoms with E-state index in [1.807, 2.05) is 18.2 Å². The molecule has 0 spiro atoms. The molecule has 2 rings (SSSR count). The minimum Gasteiger partial charge on any atom is -0.481 e. The Morgan fingerprint density at radius 1 is 1.56 bits per heavy atom. The van der Waals surface area contributed by atoms with Gasteiger partial charge in [-0.15, -0.1) is 0 Å². The SMILES string of the molecule is O=C(O)CCC1=NOC(c2ccccn2)C1. The van der Waals surface area contributed by atoms with Gasteiger partial charge in [0, 0.05) is 12.6 Å². The number of hydrogen-bond acceptors (Lipinski definition) is 4. The van der Waals surface area contributed by atoms with Gasteiger partial charge in [-0.2, -0.15) is 0 Å². The van der Waals surface area contributed by atoms with Crippen LogP contribution in [0.3, 0.4) is 0 Å². The monoisotopic (exact) mass is 220 g/mol. The largest absolute Gasteiger partial charge is 0.481 e. The molecule has 0 radical (unpaired) electrons. The summed E-state index contributed by atoms with van der Waals surface area (Å²) in [5.41, 5.74) is 1.62. The number of carboxylic acid groups (broad SMARTS) is 1. The maximum atomic E-state index is 10.4. The second kappa shape index (κ2) is 4.74. The van der Waals surface area contributed by atoms with Gasteiger partial charge in [-0.1, -0.05) is 11.2 Å². The summed E-state index contributed by atoms with van der Waals surface area (Å²) in [6, 6.07) is 5.60. The van der Waals surface area contributed by atoms with E-state index in [1.54, 1.807) is 6.20 Å². The number of pyridine rings is 1. The number of aromatic nitrogens is 1. The summed E-state index contributed by atoms with van der Waals surface area (Å²) >= 11 is 0. The smallest absolute Gasteiger partial charge is 0.303 e. The van der Waals surface area contributed by atoms with Gasteiger partial charge < -0.3 is 9.94 Å². The van der Waals surface area contributed by atoms with Crippen LogP contribution in [0.25, 0.3) is 0 Å². The maximum Gasteiger partial charge on any atom is 0.303 e. The van der Waals surface area contributed by atoms with E-state index in [4.69, 9.17) is 9.94 Å². The zero-order valence-corrected chi connectivity index (χ0v) is 8.67. The van der Waals surface area contributed by atoms with Crippen LogP contribution in [0.2, 0.25) is 0 Å². The van der Waals surface area contributed by atoms with Gasteiger partial charge in [0.2, 0.25) is 0 Å². The summed E-state index contributed by atoms with van der Waals surface area (Å²) in [5.74, 6) is -0.816. The minimum absolute atomic E-state index is 0.0944. The number of rotatable bonds is 4. The van der Waals surface area contributed by atoms with Gasteiger partial charge in [0.15, 0.2) is 6.10 Å². The summed E-state index contributed by atoms with van der Waals surface area (Å²) in [4.78, 5) is 19.8. The summed E-state index contributed by atoms with van der Waals surface area (Å²) in [5, 5.41) is 12.4. The molecule has 5 heteroatoms. The third-order valence-electron chi connectivity index (χ3n) is 2.38. The third kappa shape index (κ3) is 2.56. The number of nitrogens with zero attached hydrogens (tertiary/aromatic N) is 2. The topological polar surface area (TPSA) is 71.8 Å². The normalized spacial score (nSPS) is 19.0. The molecule has 1 aliphatic rings. The number of carbonyl (C=O) groups is 1. The average Bonchev–Trinajstić information content (AvgIpc) is 2.76. The molecule has 0 fully saturated rings. The van der Waals surface area contributed by atoms with Crippen LogP contribution in [0, 0.1) is 0 Å². The number of hydrogen-bond donors (Lipinski definition) is 1. The molecule has 0 bridgehead atoms. The lowest BCUT2D eigenvalue weighted by Gasteiger charge is -2.05. The molecule has 1 N–H and O–H groups in total. The first-order valence-corrected chi connectivity index (χ1v) is 5.10. The van der Waals surface area contributed by atoms with Crippen molar-refractivity contribution in [2.75, 3.05) is 0 Å². The van der Waals surface area contributed by atoms with Gasteiger partial charge >= 0.3 is 5.97 Å². The van der Waals surface area contributed by atoms with Crippen LogP contribution in [0.4, 0.5) is 0 Å². The quantitative estimate of drug-likeness (QED) is 0.839. The second-order valence-electron chi connectivity index (χ2n) is 3.60. The predicted octanol–water partition coefficient (Wildman–Crippen LogP) is 1.76. The van der Waals surface area contributed by atoms with E-state index in [2.05, 4.69) is 10.1 Å². The molecule has 2 heterocycles. The fourth-order valence-electron chi connectivity index (χ4n) is 1.55. The first kappa shape index (κ1) is 10.6. The maximum absolute atomic E-state index is 10.4. The molecule has 0 saturated heterocycles. The van der Waals surface area contributed by atoms with E-state index in [0.717, 1.165) is 11.4 Å². The van der Waals surface area contributed by atoms with Crippen LogP contribution in [0.1, 0.15) is 31.1 Å². The van der Waals surface area contributed by atoms with Crippen LogP contribution in [-0.4, -0.2) is 21.8 Å². The highest BCUT2D eigenvalue weighted by Gasteiger charge is 2.23. The van der Waals surface area contributed by atoms with Gasteiger partial charge in [0.05, 0.1) is 17.8 Å². The molecule has 0 saturated carbocycles. The Bertz CT molecular complexity index is 403. The van der Waals surface area contributed by atoms with Crippen molar-refractivity contribution in [3.05, 3.63) is 30.1 Å². The van der Waals surface area contributed by atoms with Crippen molar-refractivity contribution in [3.8, 4) is 0 Å². The fourth-order valence-corrected chi connectivity index (χ4v) is 1.55. The van der Waals surface area contributed by atoms with Crippen LogP contribution in [0.15, 0.2) is 29.6 Å². The van der Waals surface area contributed by atoms with Crippen LogP contribution in [0.5, 0.6) is 0 Å². The van der Waals surface area contributed by atoms with Crippen LogP contribution in [-0.2, 0) is 9.63 Å². The highest BCUT2D eigenvalue weighted by Crippen LogP contribution is 2.26. The average molecular weight is 220 g/mol. The molecule has 16 heavy (non-hydrogen) atoms. The molecular formula is C11H12N2O3. The van der Waals surface area contributed by atoms with Crippen molar-refractivity contribution >= 4 is 11.7 Å². The third-order valence-corrected chi connectivity index (χ3v) is 2.38. The summed E-state index contributed by atoms with van der Waals surface area (Å²) in [7, 11) is 0. The summed E-state index contributed by atoms with van der Waals surface area (Å²) < 4.78 is 0. The van der Waals surface area contributed by atoms with Crippen molar-refractivity contribution in [3.63, 3.8) is 0 Å². The van der Waals surface area contributed by atoms with Gasteiger partial charge in [0.25, 0.3) is 0 Å². The van der Waals surface area contributed by atoms with E-state index in [0.29, 0.717) is 12.8 Å². The summed E-state index contributed by atoms with van der Waals surface area (Å²) in [6.45, 7) is 0. The Hall–Kier alpha value is -1.91. The van der Waals surface area contributed by atoms with E-state index in [-0.39, 0.29) is 12.5 Å². The molecule has 1 unspecified atom stereocenters. The fraction of sp³-hybridized carbons (Fsp3) is 0.364. The van der Waals surface area contributed by atoms with Gasteiger partial charge in [-0.3, -0.25) is 9.78 Å². The van der Waals surface area contributed by atoms with E-state index >= 15 is 0 Å². The Morgan fingerprint density at radius 2 is 2.44 bits per heavy atom. The van der Waals surface area contributed by atoms with E-state index < -0.39 is 5.97 Å². The van der Waals surface area contributed by atoms with Crippen molar-refractivity contribution < 1.29 is 14.7 Å². The first-order chi connectivity index (χ1) is 7.75. The zero-order chi connectivity index (χ0) is 11.4. The predicted molar refractivity (Wildman–Crippen MR) is 57.0 cm³/mol. The molecule has 1 atom stereocenters. The van der Waals surface area contributed by atoms with Crippen molar-refractivity contribution in [1.82, 2.24) is 4.98 Å². The first-order valence-electron chi connectivity index (χ1n) is 5.10. The standard InChI is InChI=1S/C11H12N2O3/c14-11(15)5-4-8-7-10(16-13-8)9-3-1-2-6-12-9/h1-3,6,10H,4-5,7H2,(H,14,15). The van der Waals surface area contributed by atoms with Gasteiger partial charge in [-0.05, 0) is 18.6 Å². The summed E-state index contributed by atoms with van der Waals surface area (Å²) in [6.07, 6.45) is 2.71. The number of aliphatic carboxylic acids is 1. The molecule has 0 aromatic carbocycles.